The van der Waals surface area contributed by atoms with Crippen molar-refractivity contribution in [1.29, 1.82) is 0 Å². The number of fused-ring (bicyclic) bond motifs is 1. The van der Waals surface area contributed by atoms with E-state index in [1.807, 2.05) is 17.0 Å². The number of benzene rings is 1. The Morgan fingerprint density at radius 3 is 2.77 bits per heavy atom. The van der Waals surface area contributed by atoms with Gasteiger partial charge in [0.2, 0.25) is 5.91 Å². The molecule has 0 spiro atoms. The minimum absolute atomic E-state index is 0.221. The molecule has 3 aromatic rings. The van der Waals surface area contributed by atoms with Gasteiger partial charge >= 0.3 is 0 Å². The lowest BCUT2D eigenvalue weighted by Crippen LogP contribution is -2.48. The molecule has 0 atom stereocenters. The number of aromatic nitrogens is 2. The van der Waals surface area contributed by atoms with Crippen molar-refractivity contribution in [2.24, 2.45) is 0 Å². The fourth-order valence-electron chi connectivity index (χ4n) is 3.35. The van der Waals surface area contributed by atoms with Crippen LogP contribution in [0, 0.1) is 0 Å². The van der Waals surface area contributed by atoms with Gasteiger partial charge in [-0.05, 0) is 12.5 Å². The van der Waals surface area contributed by atoms with Crippen molar-refractivity contribution in [2.45, 2.75) is 19.4 Å². The zero-order chi connectivity index (χ0) is 17.9. The van der Waals surface area contributed by atoms with Gasteiger partial charge in [0.25, 0.3) is 0 Å². The molecule has 1 N–H and O–H groups in total. The minimum atomic E-state index is 0.221. The Labute approximate surface area is 161 Å². The van der Waals surface area contributed by atoms with Gasteiger partial charge in [-0.25, -0.2) is 4.98 Å². The van der Waals surface area contributed by atoms with Crippen LogP contribution in [-0.4, -0.2) is 51.9 Å². The number of imidazole rings is 1. The summed E-state index contributed by atoms with van der Waals surface area (Å²) in [5, 5.41) is 2.02. The number of carbonyl (C=O) groups is 1. The fraction of sp³-hybridized carbons (Fsp3) is 0.368. The summed E-state index contributed by atoms with van der Waals surface area (Å²) in [5.41, 5.74) is 1.01. The van der Waals surface area contributed by atoms with E-state index in [9.17, 15) is 4.79 Å². The molecule has 1 amide bonds. The molecule has 1 aliphatic heterocycles. The number of piperazine rings is 1. The van der Waals surface area contributed by atoms with Crippen LogP contribution in [0.3, 0.4) is 0 Å². The first-order chi connectivity index (χ1) is 12.7. The third-order valence-corrected chi connectivity index (χ3v) is 6.56. The van der Waals surface area contributed by atoms with Crippen LogP contribution >= 0.6 is 22.9 Å². The van der Waals surface area contributed by atoms with Gasteiger partial charge in [0.15, 0.2) is 0 Å². The molecule has 4 rings (SSSR count). The predicted octanol–water partition coefficient (Wildman–Crippen LogP) is 3.55. The summed E-state index contributed by atoms with van der Waals surface area (Å²) in [6, 6.07) is 8.27. The zero-order valence-corrected chi connectivity index (χ0v) is 16.0. The number of carbonyl (C=O) groups excluding carboxylic acids is 1. The van der Waals surface area contributed by atoms with Gasteiger partial charge in [0.05, 0.1) is 11.3 Å². The highest BCUT2D eigenvalue weighted by Gasteiger charge is 2.22. The van der Waals surface area contributed by atoms with Crippen molar-refractivity contribution in [2.75, 3.05) is 26.2 Å². The van der Waals surface area contributed by atoms with Gasteiger partial charge < -0.3 is 9.88 Å². The second-order valence-electron chi connectivity index (χ2n) is 6.57. The van der Waals surface area contributed by atoms with Crippen LogP contribution in [0.25, 0.3) is 10.1 Å². The normalized spacial score (nSPS) is 15.7. The summed E-state index contributed by atoms with van der Waals surface area (Å²) in [6.45, 7) is 4.20. The first-order valence-electron chi connectivity index (χ1n) is 8.84. The average molecular weight is 389 g/mol. The third kappa shape index (κ3) is 3.77. The number of thiophene rings is 1. The highest BCUT2D eigenvalue weighted by molar-refractivity contribution is 7.19. The number of hydrogen-bond donors (Lipinski definition) is 1. The fourth-order valence-corrected chi connectivity index (χ4v) is 4.88. The first-order valence-corrected chi connectivity index (χ1v) is 10.0. The molecule has 1 saturated heterocycles. The molecule has 0 bridgehead atoms. The Hall–Kier alpha value is -1.89. The van der Waals surface area contributed by atoms with Crippen LogP contribution in [0.2, 0.25) is 5.02 Å². The zero-order valence-electron chi connectivity index (χ0n) is 14.4. The van der Waals surface area contributed by atoms with Crippen LogP contribution < -0.4 is 0 Å². The van der Waals surface area contributed by atoms with Gasteiger partial charge in [0, 0.05) is 66.0 Å². The van der Waals surface area contributed by atoms with Gasteiger partial charge in [0.1, 0.15) is 0 Å². The molecular weight excluding hydrogens is 368 g/mol. The molecule has 1 aromatic carbocycles. The Balaban J connectivity index is 1.30. The van der Waals surface area contributed by atoms with E-state index in [0.717, 1.165) is 55.2 Å². The van der Waals surface area contributed by atoms with E-state index >= 15 is 0 Å². The van der Waals surface area contributed by atoms with Crippen LogP contribution in [-0.2, 0) is 17.8 Å². The number of rotatable bonds is 5. The van der Waals surface area contributed by atoms with E-state index in [4.69, 9.17) is 11.6 Å². The van der Waals surface area contributed by atoms with Crippen molar-refractivity contribution < 1.29 is 4.79 Å². The number of H-pyrrole nitrogens is 1. The van der Waals surface area contributed by atoms with E-state index in [-0.39, 0.29) is 5.91 Å². The Kier molecular flexibility index (Phi) is 5.24. The topological polar surface area (TPSA) is 52.2 Å². The molecule has 3 heterocycles. The highest BCUT2D eigenvalue weighted by Crippen LogP contribution is 2.36. The number of nitrogens with zero attached hydrogens (tertiary/aromatic N) is 3. The lowest BCUT2D eigenvalue weighted by Gasteiger charge is -2.34. The molecule has 0 aliphatic carbocycles. The number of nitrogens with one attached hydrogen (secondary N) is 1. The number of hydrogen-bond acceptors (Lipinski definition) is 4. The molecule has 0 saturated carbocycles. The molecule has 7 heteroatoms. The molecule has 1 aliphatic rings. The lowest BCUT2D eigenvalue weighted by molar-refractivity contribution is -0.133. The van der Waals surface area contributed by atoms with Crippen molar-refractivity contribution in [3.63, 3.8) is 0 Å². The van der Waals surface area contributed by atoms with Gasteiger partial charge in [-0.3, -0.25) is 9.69 Å². The van der Waals surface area contributed by atoms with Crippen molar-refractivity contribution in [1.82, 2.24) is 19.8 Å². The lowest BCUT2D eigenvalue weighted by atomic mass is 10.2. The Morgan fingerprint density at radius 2 is 2.04 bits per heavy atom. The minimum Gasteiger partial charge on any atom is -0.348 e. The predicted molar refractivity (Wildman–Crippen MR) is 106 cm³/mol. The van der Waals surface area contributed by atoms with E-state index in [1.54, 1.807) is 23.9 Å². The van der Waals surface area contributed by atoms with Crippen molar-refractivity contribution >= 4 is 38.9 Å². The van der Waals surface area contributed by atoms with E-state index in [2.05, 4.69) is 27.0 Å². The molecular formula is C19H21ClN4OS. The maximum absolute atomic E-state index is 12.4. The second kappa shape index (κ2) is 7.78. The quantitative estimate of drug-likeness (QED) is 0.727. The molecule has 1 fully saturated rings. The molecule has 2 aromatic heterocycles. The number of aromatic amines is 1. The van der Waals surface area contributed by atoms with Gasteiger partial charge in [-0.15, -0.1) is 11.3 Å². The van der Waals surface area contributed by atoms with Crippen molar-refractivity contribution in [3.05, 3.63) is 52.4 Å². The third-order valence-electron chi connectivity index (χ3n) is 4.86. The molecule has 136 valence electrons. The highest BCUT2D eigenvalue weighted by atomic mass is 35.5. The van der Waals surface area contributed by atoms with Crippen molar-refractivity contribution in [3.8, 4) is 0 Å². The summed E-state index contributed by atoms with van der Waals surface area (Å²) in [5.74, 6) is 0.221. The summed E-state index contributed by atoms with van der Waals surface area (Å²) < 4.78 is 1.24. The Morgan fingerprint density at radius 1 is 1.23 bits per heavy atom. The van der Waals surface area contributed by atoms with Crippen LogP contribution in [0.4, 0.5) is 0 Å². The number of halogens is 1. The molecule has 0 radical (unpaired) electrons. The average Bonchev–Trinajstić information content (AvgIpc) is 3.29. The largest absolute Gasteiger partial charge is 0.348 e. The van der Waals surface area contributed by atoms with E-state index in [1.165, 1.54) is 9.58 Å². The molecule has 26 heavy (non-hydrogen) atoms. The Bertz CT molecular complexity index is 884. The van der Waals surface area contributed by atoms with Crippen LogP contribution in [0.5, 0.6) is 0 Å². The second-order valence-corrected chi connectivity index (χ2v) is 8.08. The summed E-state index contributed by atoms with van der Waals surface area (Å²) in [7, 11) is 0. The van der Waals surface area contributed by atoms with Crippen LogP contribution in [0.15, 0.2) is 36.8 Å². The first kappa shape index (κ1) is 17.5. The standard InChI is InChI=1S/C19H21ClN4OS/c20-19-15-3-1-2-4-16(15)26-17(19)12-23-7-9-24(10-8-23)18(25)6-5-14-11-21-13-22-14/h1-4,11,13H,5-10,12H2,(H,21,22). The van der Waals surface area contributed by atoms with Crippen LogP contribution in [0.1, 0.15) is 17.0 Å². The van der Waals surface area contributed by atoms with Gasteiger partial charge in [-0.2, -0.15) is 0 Å². The maximum atomic E-state index is 12.4. The molecule has 0 unspecified atom stereocenters. The number of aryl methyl sites for hydroxylation is 1. The monoisotopic (exact) mass is 388 g/mol. The summed E-state index contributed by atoms with van der Waals surface area (Å²) in [4.78, 5) is 25.0. The van der Waals surface area contributed by atoms with Gasteiger partial charge in [-0.1, -0.05) is 29.8 Å². The summed E-state index contributed by atoms with van der Waals surface area (Å²) in [6.07, 6.45) is 4.68. The van der Waals surface area contributed by atoms with E-state index < -0.39 is 0 Å². The smallest absolute Gasteiger partial charge is 0.223 e. The number of amides is 1. The maximum Gasteiger partial charge on any atom is 0.223 e. The molecule has 5 nitrogen and oxygen atoms in total. The van der Waals surface area contributed by atoms with E-state index in [0.29, 0.717) is 6.42 Å². The SMILES string of the molecule is O=C(CCc1cnc[nH]1)N1CCN(Cc2sc3ccccc3c2Cl)CC1. The summed E-state index contributed by atoms with van der Waals surface area (Å²) >= 11 is 8.32.